The number of nitrogens with one attached hydrogen (secondary N) is 1. The summed E-state index contributed by atoms with van der Waals surface area (Å²) < 4.78 is 22.9. The Morgan fingerprint density at radius 2 is 1.60 bits per heavy atom. The van der Waals surface area contributed by atoms with E-state index in [1.54, 1.807) is 18.2 Å². The van der Waals surface area contributed by atoms with Crippen LogP contribution in [0.4, 0.5) is 5.69 Å². The first-order valence-corrected chi connectivity index (χ1v) is 8.74. The molecule has 6 nitrogen and oxygen atoms in total. The molecule has 0 atom stereocenters. The first-order valence-electron chi connectivity index (χ1n) is 7.16. The third-order valence-corrected chi connectivity index (χ3v) is 4.31. The number of hydrogen-bond acceptors (Lipinski definition) is 5. The summed E-state index contributed by atoms with van der Waals surface area (Å²) in [7, 11) is 4.54. The Hall–Kier alpha value is -1.93. The van der Waals surface area contributed by atoms with Gasteiger partial charge in [-0.1, -0.05) is 15.9 Å². The third kappa shape index (κ3) is 5.02. The van der Waals surface area contributed by atoms with Gasteiger partial charge in [-0.15, -0.1) is 0 Å². The van der Waals surface area contributed by atoms with Gasteiger partial charge in [0.25, 0.3) is 5.91 Å². The largest absolute Gasteiger partial charge is 0.493 e. The van der Waals surface area contributed by atoms with Gasteiger partial charge in [-0.2, -0.15) is 0 Å². The van der Waals surface area contributed by atoms with E-state index in [1.807, 2.05) is 12.1 Å². The average molecular weight is 475 g/mol. The lowest BCUT2D eigenvalue weighted by Gasteiger charge is -2.15. The van der Waals surface area contributed by atoms with Gasteiger partial charge in [-0.3, -0.25) is 4.79 Å². The minimum Gasteiger partial charge on any atom is -0.493 e. The highest BCUT2D eigenvalue weighted by Crippen LogP contribution is 2.39. The van der Waals surface area contributed by atoms with Gasteiger partial charge in [0.05, 0.1) is 25.8 Å². The number of benzene rings is 2. The smallest absolute Gasteiger partial charge is 0.262 e. The van der Waals surface area contributed by atoms with Crippen LogP contribution in [0, 0.1) is 0 Å². The molecule has 0 bridgehead atoms. The van der Waals surface area contributed by atoms with Crippen molar-refractivity contribution in [1.29, 1.82) is 0 Å². The van der Waals surface area contributed by atoms with Crippen LogP contribution in [0.15, 0.2) is 39.3 Å². The van der Waals surface area contributed by atoms with Crippen molar-refractivity contribution in [2.75, 3.05) is 33.3 Å². The monoisotopic (exact) mass is 473 g/mol. The van der Waals surface area contributed by atoms with Gasteiger partial charge in [0.1, 0.15) is 5.75 Å². The van der Waals surface area contributed by atoms with Crippen LogP contribution in [0.3, 0.4) is 0 Å². The lowest BCUT2D eigenvalue weighted by atomic mass is 10.2. The first kappa shape index (κ1) is 19.4. The standard InChI is InChI=1S/C17H17Br2NO5/c1-22-14-7-11(8-15(23-2)17(14)24-3)20-16(21)9-25-13-5-4-10(18)6-12(13)19/h4-8H,9H2,1-3H3,(H,20,21). The minimum absolute atomic E-state index is 0.142. The van der Waals surface area contributed by atoms with Gasteiger partial charge < -0.3 is 24.3 Å². The van der Waals surface area contributed by atoms with E-state index in [0.29, 0.717) is 28.7 Å². The van der Waals surface area contributed by atoms with Crippen LogP contribution in [0.1, 0.15) is 0 Å². The van der Waals surface area contributed by atoms with Crippen molar-refractivity contribution >= 4 is 43.5 Å². The zero-order valence-corrected chi connectivity index (χ0v) is 17.1. The normalized spacial score (nSPS) is 10.1. The van der Waals surface area contributed by atoms with E-state index in [4.69, 9.17) is 18.9 Å². The molecule has 2 aromatic rings. The lowest BCUT2D eigenvalue weighted by Crippen LogP contribution is -2.20. The number of amides is 1. The Morgan fingerprint density at radius 3 is 2.12 bits per heavy atom. The van der Waals surface area contributed by atoms with Crippen molar-refractivity contribution in [2.24, 2.45) is 0 Å². The second-order valence-corrected chi connectivity index (χ2v) is 6.60. The fourth-order valence-corrected chi connectivity index (χ4v) is 3.25. The van der Waals surface area contributed by atoms with E-state index >= 15 is 0 Å². The van der Waals surface area contributed by atoms with Crippen molar-refractivity contribution < 1.29 is 23.7 Å². The Balaban J connectivity index is 2.07. The summed E-state index contributed by atoms with van der Waals surface area (Å²) in [6, 6.07) is 8.73. The van der Waals surface area contributed by atoms with E-state index in [2.05, 4.69) is 37.2 Å². The fraction of sp³-hybridized carbons (Fsp3) is 0.235. The second-order valence-electron chi connectivity index (χ2n) is 4.83. The first-order chi connectivity index (χ1) is 12.0. The van der Waals surface area contributed by atoms with Crippen LogP contribution in [-0.4, -0.2) is 33.8 Å². The van der Waals surface area contributed by atoms with Crippen molar-refractivity contribution in [1.82, 2.24) is 0 Å². The Morgan fingerprint density at radius 1 is 0.960 bits per heavy atom. The maximum atomic E-state index is 12.1. The molecular formula is C17H17Br2NO5. The molecule has 134 valence electrons. The number of anilines is 1. The van der Waals surface area contributed by atoms with Gasteiger partial charge >= 0.3 is 0 Å². The summed E-state index contributed by atoms with van der Waals surface area (Å²) in [5, 5.41) is 2.74. The van der Waals surface area contributed by atoms with E-state index in [1.165, 1.54) is 21.3 Å². The Labute approximate surface area is 162 Å². The van der Waals surface area contributed by atoms with Crippen LogP contribution < -0.4 is 24.3 Å². The molecule has 2 rings (SSSR count). The predicted octanol–water partition coefficient (Wildman–Crippen LogP) is 4.25. The molecule has 0 spiro atoms. The molecule has 0 radical (unpaired) electrons. The molecule has 0 aliphatic heterocycles. The topological polar surface area (TPSA) is 66.0 Å². The maximum Gasteiger partial charge on any atom is 0.262 e. The predicted molar refractivity (Wildman–Crippen MR) is 102 cm³/mol. The third-order valence-electron chi connectivity index (χ3n) is 3.20. The molecule has 0 aliphatic rings. The molecule has 0 aromatic heterocycles. The summed E-state index contributed by atoms with van der Waals surface area (Å²) in [4.78, 5) is 12.1. The quantitative estimate of drug-likeness (QED) is 0.649. The van der Waals surface area contributed by atoms with Crippen LogP contribution in [-0.2, 0) is 4.79 Å². The SMILES string of the molecule is COc1cc(NC(=O)COc2ccc(Br)cc2Br)cc(OC)c1OC. The highest BCUT2D eigenvalue weighted by Gasteiger charge is 2.15. The summed E-state index contributed by atoms with van der Waals surface area (Å²) in [6.07, 6.45) is 0. The van der Waals surface area contributed by atoms with Crippen molar-refractivity contribution in [3.63, 3.8) is 0 Å². The van der Waals surface area contributed by atoms with Crippen molar-refractivity contribution in [3.05, 3.63) is 39.3 Å². The van der Waals surface area contributed by atoms with E-state index in [9.17, 15) is 4.79 Å². The number of hydrogen-bond donors (Lipinski definition) is 1. The summed E-state index contributed by atoms with van der Waals surface area (Å²) in [6.45, 7) is -0.142. The van der Waals surface area contributed by atoms with Crippen LogP contribution in [0.5, 0.6) is 23.0 Å². The number of halogens is 2. The molecule has 25 heavy (non-hydrogen) atoms. The van der Waals surface area contributed by atoms with Gasteiger partial charge in [0.15, 0.2) is 18.1 Å². The van der Waals surface area contributed by atoms with Crippen LogP contribution in [0.2, 0.25) is 0 Å². The summed E-state index contributed by atoms with van der Waals surface area (Å²) in [5.74, 6) is 1.62. The molecule has 1 amide bonds. The number of carbonyl (C=O) groups is 1. The average Bonchev–Trinajstić information content (AvgIpc) is 2.60. The molecule has 1 N–H and O–H groups in total. The number of ether oxygens (including phenoxy) is 4. The second kappa shape index (κ2) is 8.96. The minimum atomic E-state index is -0.316. The van der Waals surface area contributed by atoms with Gasteiger partial charge in [0.2, 0.25) is 5.75 Å². The Bertz CT molecular complexity index is 742. The fourth-order valence-electron chi connectivity index (χ4n) is 2.09. The number of rotatable bonds is 7. The molecule has 2 aromatic carbocycles. The molecular weight excluding hydrogens is 458 g/mol. The molecule has 0 saturated heterocycles. The highest BCUT2D eigenvalue weighted by molar-refractivity contribution is 9.11. The molecule has 0 unspecified atom stereocenters. The molecule has 0 aliphatic carbocycles. The van der Waals surface area contributed by atoms with Crippen LogP contribution >= 0.6 is 31.9 Å². The van der Waals surface area contributed by atoms with E-state index in [0.717, 1.165) is 8.95 Å². The van der Waals surface area contributed by atoms with Gasteiger partial charge in [-0.25, -0.2) is 0 Å². The summed E-state index contributed by atoms with van der Waals surface area (Å²) >= 11 is 6.74. The van der Waals surface area contributed by atoms with Gasteiger partial charge in [-0.05, 0) is 34.1 Å². The molecule has 0 saturated carbocycles. The summed E-state index contributed by atoms with van der Waals surface area (Å²) in [5.41, 5.74) is 0.512. The van der Waals surface area contributed by atoms with E-state index in [-0.39, 0.29) is 12.5 Å². The zero-order valence-electron chi connectivity index (χ0n) is 13.9. The molecule has 0 heterocycles. The van der Waals surface area contributed by atoms with Gasteiger partial charge in [0, 0.05) is 22.3 Å². The highest BCUT2D eigenvalue weighted by atomic mass is 79.9. The molecule has 8 heteroatoms. The zero-order chi connectivity index (χ0) is 18.4. The van der Waals surface area contributed by atoms with Crippen LogP contribution in [0.25, 0.3) is 0 Å². The lowest BCUT2D eigenvalue weighted by molar-refractivity contribution is -0.118. The number of methoxy groups -OCH3 is 3. The number of carbonyl (C=O) groups excluding carboxylic acids is 1. The Kier molecular flexibility index (Phi) is 6.95. The van der Waals surface area contributed by atoms with Crippen molar-refractivity contribution in [2.45, 2.75) is 0 Å². The molecule has 0 fully saturated rings. The van der Waals surface area contributed by atoms with Crippen molar-refractivity contribution in [3.8, 4) is 23.0 Å². The maximum absolute atomic E-state index is 12.1. The van der Waals surface area contributed by atoms with E-state index < -0.39 is 0 Å².